The first-order valence-electron chi connectivity index (χ1n) is 8.23. The highest BCUT2D eigenvalue weighted by atomic mass is 35.5. The fourth-order valence-electron chi connectivity index (χ4n) is 3.07. The van der Waals surface area contributed by atoms with Gasteiger partial charge in [-0.2, -0.15) is 0 Å². The van der Waals surface area contributed by atoms with Gasteiger partial charge in [0.15, 0.2) is 0 Å². The smallest absolute Gasteiger partial charge is 0.0575 e. The molecule has 2 unspecified atom stereocenters. The molecule has 118 valence electrons. The number of ether oxygens (including phenoxy) is 1. The number of hydrogen-bond donors (Lipinski definition) is 1. The van der Waals surface area contributed by atoms with Crippen molar-refractivity contribution >= 4 is 11.6 Å². The predicted octanol–water partition coefficient (Wildman–Crippen LogP) is 4.96. The van der Waals surface area contributed by atoms with Crippen molar-refractivity contribution in [3.63, 3.8) is 0 Å². The standard InChI is InChI=1S/C18H28ClNO/c1-4-20-18(9-8-15-7-5-6-10-21-15)16-11-13(2)14(3)12-17(16)19/h11-12,15,18,20H,4-10H2,1-3H3. The van der Waals surface area contributed by atoms with Crippen LogP contribution >= 0.6 is 11.6 Å². The summed E-state index contributed by atoms with van der Waals surface area (Å²) in [5, 5.41) is 4.47. The van der Waals surface area contributed by atoms with Gasteiger partial charge >= 0.3 is 0 Å². The summed E-state index contributed by atoms with van der Waals surface area (Å²) in [4.78, 5) is 0. The fraction of sp³-hybridized carbons (Fsp3) is 0.667. The van der Waals surface area contributed by atoms with E-state index in [4.69, 9.17) is 16.3 Å². The quantitative estimate of drug-likeness (QED) is 0.802. The molecule has 1 aliphatic rings. The molecule has 1 aromatic carbocycles. The number of aryl methyl sites for hydroxylation is 2. The molecule has 0 spiro atoms. The van der Waals surface area contributed by atoms with E-state index in [-0.39, 0.29) is 0 Å². The Morgan fingerprint density at radius 3 is 2.71 bits per heavy atom. The topological polar surface area (TPSA) is 21.3 Å². The van der Waals surface area contributed by atoms with Gasteiger partial charge in [-0.15, -0.1) is 0 Å². The summed E-state index contributed by atoms with van der Waals surface area (Å²) >= 11 is 6.48. The molecule has 2 atom stereocenters. The summed E-state index contributed by atoms with van der Waals surface area (Å²) in [5.41, 5.74) is 3.80. The van der Waals surface area contributed by atoms with E-state index in [1.54, 1.807) is 0 Å². The Balaban J connectivity index is 2.05. The van der Waals surface area contributed by atoms with Crippen LogP contribution in [0.5, 0.6) is 0 Å². The van der Waals surface area contributed by atoms with Crippen LogP contribution in [0.4, 0.5) is 0 Å². The highest BCUT2D eigenvalue weighted by Crippen LogP contribution is 2.30. The Hall–Kier alpha value is -0.570. The fourth-order valence-corrected chi connectivity index (χ4v) is 3.42. The molecule has 3 heteroatoms. The summed E-state index contributed by atoms with van der Waals surface area (Å²) in [6.45, 7) is 8.31. The van der Waals surface area contributed by atoms with Crippen LogP contribution in [0.3, 0.4) is 0 Å². The largest absolute Gasteiger partial charge is 0.378 e. The van der Waals surface area contributed by atoms with Gasteiger partial charge in [-0.25, -0.2) is 0 Å². The average molecular weight is 310 g/mol. The van der Waals surface area contributed by atoms with E-state index in [1.165, 1.54) is 36.0 Å². The highest BCUT2D eigenvalue weighted by molar-refractivity contribution is 6.31. The van der Waals surface area contributed by atoms with Gasteiger partial charge in [0, 0.05) is 17.7 Å². The second kappa shape index (κ2) is 8.17. The molecule has 1 heterocycles. The maximum atomic E-state index is 6.48. The van der Waals surface area contributed by atoms with E-state index in [9.17, 15) is 0 Å². The number of halogens is 1. The van der Waals surface area contributed by atoms with Gasteiger partial charge in [0.2, 0.25) is 0 Å². The van der Waals surface area contributed by atoms with Crippen LogP contribution in [-0.2, 0) is 4.74 Å². The molecule has 0 saturated carbocycles. The molecule has 2 rings (SSSR count). The monoisotopic (exact) mass is 309 g/mol. The molecule has 1 N–H and O–H groups in total. The van der Waals surface area contributed by atoms with Crippen molar-refractivity contribution in [2.24, 2.45) is 0 Å². The highest BCUT2D eigenvalue weighted by Gasteiger charge is 2.19. The molecule has 0 bridgehead atoms. The molecule has 1 aliphatic heterocycles. The molecular formula is C18H28ClNO. The van der Waals surface area contributed by atoms with E-state index in [2.05, 4.69) is 38.2 Å². The molecule has 0 aliphatic carbocycles. The molecule has 2 nitrogen and oxygen atoms in total. The third kappa shape index (κ3) is 4.70. The Kier molecular flexibility index (Phi) is 6.53. The number of rotatable bonds is 6. The van der Waals surface area contributed by atoms with Crippen molar-refractivity contribution in [1.82, 2.24) is 5.32 Å². The van der Waals surface area contributed by atoms with Crippen LogP contribution in [0.1, 0.15) is 61.8 Å². The number of hydrogen-bond acceptors (Lipinski definition) is 2. The molecule has 1 saturated heterocycles. The van der Waals surface area contributed by atoms with Crippen molar-refractivity contribution in [1.29, 1.82) is 0 Å². The second-order valence-corrected chi connectivity index (χ2v) is 6.54. The number of benzene rings is 1. The summed E-state index contributed by atoms with van der Waals surface area (Å²) in [5.74, 6) is 0. The third-order valence-corrected chi connectivity index (χ3v) is 4.82. The summed E-state index contributed by atoms with van der Waals surface area (Å²) in [6.07, 6.45) is 6.36. The Labute approximate surface area is 134 Å². The van der Waals surface area contributed by atoms with Crippen LogP contribution in [-0.4, -0.2) is 19.3 Å². The van der Waals surface area contributed by atoms with Gasteiger partial charge in [-0.1, -0.05) is 24.6 Å². The van der Waals surface area contributed by atoms with Crippen molar-refractivity contribution in [2.75, 3.05) is 13.2 Å². The zero-order chi connectivity index (χ0) is 15.2. The molecule has 21 heavy (non-hydrogen) atoms. The zero-order valence-corrected chi connectivity index (χ0v) is 14.3. The first-order chi connectivity index (χ1) is 10.1. The van der Waals surface area contributed by atoms with Gasteiger partial charge < -0.3 is 10.1 Å². The normalized spacial score (nSPS) is 20.5. The lowest BCUT2D eigenvalue weighted by Crippen LogP contribution is -2.25. The summed E-state index contributed by atoms with van der Waals surface area (Å²) < 4.78 is 5.85. The van der Waals surface area contributed by atoms with Gasteiger partial charge in [0.1, 0.15) is 0 Å². The predicted molar refractivity (Wildman–Crippen MR) is 90.2 cm³/mol. The molecule has 0 aromatic heterocycles. The van der Waals surface area contributed by atoms with Crippen LogP contribution < -0.4 is 5.32 Å². The zero-order valence-electron chi connectivity index (χ0n) is 13.5. The maximum absolute atomic E-state index is 6.48. The average Bonchev–Trinajstić information content (AvgIpc) is 2.48. The minimum absolute atomic E-state index is 0.326. The van der Waals surface area contributed by atoms with E-state index in [0.29, 0.717) is 12.1 Å². The first kappa shape index (κ1) is 16.8. The third-order valence-electron chi connectivity index (χ3n) is 4.49. The Morgan fingerprint density at radius 1 is 1.29 bits per heavy atom. The van der Waals surface area contributed by atoms with Gasteiger partial charge in [0.25, 0.3) is 0 Å². The summed E-state index contributed by atoms with van der Waals surface area (Å²) in [7, 11) is 0. The molecular weight excluding hydrogens is 282 g/mol. The molecule has 0 radical (unpaired) electrons. The minimum Gasteiger partial charge on any atom is -0.378 e. The van der Waals surface area contributed by atoms with Gasteiger partial charge in [-0.3, -0.25) is 0 Å². The van der Waals surface area contributed by atoms with Gasteiger partial charge in [-0.05, 0) is 75.3 Å². The van der Waals surface area contributed by atoms with Gasteiger partial charge in [0.05, 0.1) is 6.10 Å². The van der Waals surface area contributed by atoms with Crippen LogP contribution in [0.15, 0.2) is 12.1 Å². The maximum Gasteiger partial charge on any atom is 0.0575 e. The number of nitrogens with one attached hydrogen (secondary N) is 1. The molecule has 1 aromatic rings. The first-order valence-corrected chi connectivity index (χ1v) is 8.61. The Morgan fingerprint density at radius 2 is 2.05 bits per heavy atom. The summed E-state index contributed by atoms with van der Waals surface area (Å²) in [6, 6.07) is 4.66. The SMILES string of the molecule is CCNC(CCC1CCCCO1)c1cc(C)c(C)cc1Cl. The van der Waals surface area contributed by atoms with E-state index < -0.39 is 0 Å². The second-order valence-electron chi connectivity index (χ2n) is 6.13. The van der Waals surface area contributed by atoms with Crippen molar-refractivity contribution in [3.8, 4) is 0 Å². The van der Waals surface area contributed by atoms with Crippen molar-refractivity contribution in [2.45, 2.75) is 65.0 Å². The van der Waals surface area contributed by atoms with Crippen molar-refractivity contribution < 1.29 is 4.74 Å². The van der Waals surface area contributed by atoms with E-state index in [1.807, 2.05) is 0 Å². The lowest BCUT2D eigenvalue weighted by atomic mass is 9.95. The van der Waals surface area contributed by atoms with Crippen LogP contribution in [0.25, 0.3) is 0 Å². The lowest BCUT2D eigenvalue weighted by molar-refractivity contribution is 0.00856. The Bertz CT molecular complexity index is 455. The van der Waals surface area contributed by atoms with E-state index in [0.717, 1.165) is 31.0 Å². The van der Waals surface area contributed by atoms with E-state index >= 15 is 0 Å². The van der Waals surface area contributed by atoms with Crippen LogP contribution in [0.2, 0.25) is 5.02 Å². The molecule has 1 fully saturated rings. The van der Waals surface area contributed by atoms with Crippen molar-refractivity contribution in [3.05, 3.63) is 33.8 Å². The minimum atomic E-state index is 0.326. The lowest BCUT2D eigenvalue weighted by Gasteiger charge is -2.26. The van der Waals surface area contributed by atoms with Crippen LogP contribution in [0, 0.1) is 13.8 Å². The molecule has 0 amide bonds.